The molecule has 1 heteroatoms. The zero-order valence-corrected chi connectivity index (χ0v) is 8.96. The molecule has 0 heterocycles. The van der Waals surface area contributed by atoms with Crippen LogP contribution in [-0.4, -0.2) is 5.11 Å². The van der Waals surface area contributed by atoms with E-state index in [0.717, 1.165) is 24.8 Å². The Labute approximate surface area is 85.8 Å². The van der Waals surface area contributed by atoms with Crippen LogP contribution in [0.15, 0.2) is 24.3 Å². The number of benzene rings is 1. The van der Waals surface area contributed by atoms with Crippen molar-refractivity contribution in [1.29, 1.82) is 0 Å². The molecule has 0 spiro atoms. The first kappa shape index (κ1) is 9.72. The van der Waals surface area contributed by atoms with Crippen LogP contribution in [-0.2, 0) is 12.0 Å². The summed E-state index contributed by atoms with van der Waals surface area (Å²) in [4.78, 5) is 0. The third-order valence-electron chi connectivity index (χ3n) is 3.07. The van der Waals surface area contributed by atoms with Crippen LogP contribution in [0.3, 0.4) is 0 Å². The summed E-state index contributed by atoms with van der Waals surface area (Å²) in [5.41, 5.74) is 1.94. The molecule has 0 aromatic heterocycles. The fraction of sp³-hybridized carbons (Fsp3) is 0.538. The number of rotatable bonds is 2. The third kappa shape index (κ3) is 1.57. The number of fused-ring (bicyclic) bond motifs is 1. The monoisotopic (exact) mass is 190 g/mol. The average molecular weight is 190 g/mol. The van der Waals surface area contributed by atoms with Gasteiger partial charge in [-0.3, -0.25) is 0 Å². The van der Waals surface area contributed by atoms with Crippen LogP contribution in [0.5, 0.6) is 0 Å². The van der Waals surface area contributed by atoms with E-state index in [-0.39, 0.29) is 0 Å². The normalized spacial score (nSPS) is 25.4. The molecule has 1 aliphatic carbocycles. The second kappa shape index (κ2) is 3.39. The first-order valence-corrected chi connectivity index (χ1v) is 5.42. The molecule has 0 amide bonds. The summed E-state index contributed by atoms with van der Waals surface area (Å²) in [6.07, 6.45) is 2.80. The van der Waals surface area contributed by atoms with Crippen LogP contribution >= 0.6 is 0 Å². The molecule has 1 nitrogen and oxygen atoms in total. The lowest BCUT2D eigenvalue weighted by molar-refractivity contribution is 0.0173. The first-order chi connectivity index (χ1) is 6.62. The van der Waals surface area contributed by atoms with Crippen molar-refractivity contribution in [3.8, 4) is 0 Å². The van der Waals surface area contributed by atoms with Crippen molar-refractivity contribution in [3.63, 3.8) is 0 Å². The van der Waals surface area contributed by atoms with Crippen molar-refractivity contribution < 1.29 is 5.11 Å². The van der Waals surface area contributed by atoms with Crippen LogP contribution in [0.1, 0.15) is 37.8 Å². The van der Waals surface area contributed by atoms with Gasteiger partial charge in [-0.1, -0.05) is 38.1 Å². The highest BCUT2D eigenvalue weighted by Crippen LogP contribution is 2.40. The van der Waals surface area contributed by atoms with Crippen molar-refractivity contribution >= 4 is 0 Å². The molecular weight excluding hydrogens is 172 g/mol. The number of aryl methyl sites for hydroxylation is 1. The molecule has 1 aliphatic rings. The smallest absolute Gasteiger partial charge is 0.0904 e. The quantitative estimate of drug-likeness (QED) is 0.760. The molecule has 1 N–H and O–H groups in total. The maximum atomic E-state index is 10.5. The third-order valence-corrected chi connectivity index (χ3v) is 3.07. The van der Waals surface area contributed by atoms with Crippen molar-refractivity contribution in [3.05, 3.63) is 35.4 Å². The van der Waals surface area contributed by atoms with Gasteiger partial charge in [-0.25, -0.2) is 0 Å². The van der Waals surface area contributed by atoms with Crippen LogP contribution < -0.4 is 0 Å². The zero-order valence-electron chi connectivity index (χ0n) is 8.96. The van der Waals surface area contributed by atoms with Crippen LogP contribution in [0.4, 0.5) is 0 Å². The average Bonchev–Trinajstić information content (AvgIpc) is 2.44. The highest BCUT2D eigenvalue weighted by molar-refractivity contribution is 5.36. The molecule has 0 saturated heterocycles. The molecule has 1 unspecified atom stereocenters. The highest BCUT2D eigenvalue weighted by atomic mass is 16.3. The zero-order chi connectivity index (χ0) is 10.2. The van der Waals surface area contributed by atoms with E-state index in [1.54, 1.807) is 0 Å². The Morgan fingerprint density at radius 1 is 1.36 bits per heavy atom. The number of hydrogen-bond donors (Lipinski definition) is 1. The van der Waals surface area contributed by atoms with Gasteiger partial charge in [0.2, 0.25) is 0 Å². The molecule has 0 fully saturated rings. The summed E-state index contributed by atoms with van der Waals surface area (Å²) < 4.78 is 0. The molecule has 0 radical (unpaired) electrons. The second-order valence-electron chi connectivity index (χ2n) is 4.79. The van der Waals surface area contributed by atoms with Crippen molar-refractivity contribution in [2.24, 2.45) is 5.92 Å². The number of hydrogen-bond acceptors (Lipinski definition) is 1. The lowest BCUT2D eigenvalue weighted by atomic mass is 9.87. The molecule has 1 aromatic carbocycles. The van der Waals surface area contributed by atoms with E-state index >= 15 is 0 Å². The van der Waals surface area contributed by atoms with Gasteiger partial charge in [0.1, 0.15) is 0 Å². The minimum absolute atomic E-state index is 0.547. The summed E-state index contributed by atoms with van der Waals surface area (Å²) in [7, 11) is 0. The van der Waals surface area contributed by atoms with Gasteiger partial charge in [-0.2, -0.15) is 0 Å². The summed E-state index contributed by atoms with van der Waals surface area (Å²) in [5.74, 6) is 0.547. The van der Waals surface area contributed by atoms with Gasteiger partial charge in [0, 0.05) is 0 Å². The first-order valence-electron chi connectivity index (χ1n) is 5.42. The molecule has 0 bridgehead atoms. The van der Waals surface area contributed by atoms with E-state index in [1.165, 1.54) is 5.56 Å². The molecule has 2 rings (SSSR count). The predicted molar refractivity (Wildman–Crippen MR) is 58.1 cm³/mol. The Balaban J connectivity index is 2.32. The van der Waals surface area contributed by atoms with Gasteiger partial charge >= 0.3 is 0 Å². The van der Waals surface area contributed by atoms with Crippen LogP contribution in [0.25, 0.3) is 0 Å². The van der Waals surface area contributed by atoms with Gasteiger partial charge in [0.15, 0.2) is 0 Å². The van der Waals surface area contributed by atoms with Crippen molar-refractivity contribution in [2.45, 2.75) is 38.7 Å². The Morgan fingerprint density at radius 3 is 2.79 bits per heavy atom. The maximum absolute atomic E-state index is 10.5. The minimum atomic E-state index is -0.551. The fourth-order valence-corrected chi connectivity index (χ4v) is 2.56. The maximum Gasteiger partial charge on any atom is 0.0904 e. The van der Waals surface area contributed by atoms with Gasteiger partial charge in [-0.15, -0.1) is 0 Å². The molecule has 0 aliphatic heterocycles. The number of aliphatic hydroxyl groups is 1. The standard InChI is InChI=1S/C13H18O/c1-10(2)9-13(14)8-7-11-5-3-4-6-12(11)13/h3-6,10,14H,7-9H2,1-2H3. The Kier molecular flexibility index (Phi) is 2.36. The van der Waals surface area contributed by atoms with E-state index in [4.69, 9.17) is 0 Å². The molecule has 0 saturated carbocycles. The van der Waals surface area contributed by atoms with E-state index in [1.807, 2.05) is 6.07 Å². The van der Waals surface area contributed by atoms with Gasteiger partial charge in [-0.05, 0) is 36.3 Å². The largest absolute Gasteiger partial charge is 0.385 e. The van der Waals surface area contributed by atoms with E-state index in [9.17, 15) is 5.11 Å². The van der Waals surface area contributed by atoms with Gasteiger partial charge in [0.05, 0.1) is 5.60 Å². The van der Waals surface area contributed by atoms with Crippen molar-refractivity contribution in [1.82, 2.24) is 0 Å². The topological polar surface area (TPSA) is 20.2 Å². The van der Waals surface area contributed by atoms with Gasteiger partial charge in [0.25, 0.3) is 0 Å². The van der Waals surface area contributed by atoms with Crippen LogP contribution in [0, 0.1) is 5.92 Å². The van der Waals surface area contributed by atoms with E-state index in [0.29, 0.717) is 5.92 Å². The lowest BCUT2D eigenvalue weighted by Crippen LogP contribution is -2.24. The summed E-state index contributed by atoms with van der Waals surface area (Å²) in [6, 6.07) is 8.29. The van der Waals surface area contributed by atoms with Crippen molar-refractivity contribution in [2.75, 3.05) is 0 Å². The van der Waals surface area contributed by atoms with Gasteiger partial charge < -0.3 is 5.11 Å². The molecule has 14 heavy (non-hydrogen) atoms. The predicted octanol–water partition coefficient (Wildman–Crippen LogP) is 2.87. The highest BCUT2D eigenvalue weighted by Gasteiger charge is 2.36. The molecular formula is C13H18O. The Morgan fingerprint density at radius 2 is 2.07 bits per heavy atom. The Hall–Kier alpha value is -0.820. The van der Waals surface area contributed by atoms with E-state index in [2.05, 4.69) is 32.0 Å². The molecule has 1 atom stereocenters. The minimum Gasteiger partial charge on any atom is -0.385 e. The summed E-state index contributed by atoms with van der Waals surface area (Å²) >= 11 is 0. The summed E-state index contributed by atoms with van der Waals surface area (Å²) in [5, 5.41) is 10.5. The molecule has 1 aromatic rings. The lowest BCUT2D eigenvalue weighted by Gasteiger charge is -2.25. The van der Waals surface area contributed by atoms with E-state index < -0.39 is 5.60 Å². The Bertz CT molecular complexity index is 330. The fourth-order valence-electron chi connectivity index (χ4n) is 2.56. The SMILES string of the molecule is CC(C)CC1(O)CCc2ccccc21. The molecule has 76 valence electrons. The second-order valence-corrected chi connectivity index (χ2v) is 4.79. The summed E-state index contributed by atoms with van der Waals surface area (Å²) in [6.45, 7) is 4.33. The van der Waals surface area contributed by atoms with Crippen LogP contribution in [0.2, 0.25) is 0 Å².